The van der Waals surface area contributed by atoms with E-state index < -0.39 is 0 Å². The van der Waals surface area contributed by atoms with E-state index in [0.29, 0.717) is 5.88 Å². The molecule has 2 heterocycles. The first-order valence-electron chi connectivity index (χ1n) is 7.39. The van der Waals surface area contributed by atoms with Crippen LogP contribution in [-0.4, -0.2) is 39.5 Å². The van der Waals surface area contributed by atoms with Gasteiger partial charge < -0.3 is 4.74 Å². The minimum absolute atomic E-state index is 0.0522. The van der Waals surface area contributed by atoms with E-state index in [9.17, 15) is 0 Å². The summed E-state index contributed by atoms with van der Waals surface area (Å²) in [6.07, 6.45) is 12.4. The molecule has 0 aliphatic rings. The van der Waals surface area contributed by atoms with E-state index in [-0.39, 0.29) is 6.10 Å². The van der Waals surface area contributed by atoms with Gasteiger partial charge in [0, 0.05) is 37.9 Å². The highest BCUT2D eigenvalue weighted by molar-refractivity contribution is 5.08. The Labute approximate surface area is 131 Å². The van der Waals surface area contributed by atoms with Crippen LogP contribution in [0.1, 0.15) is 18.4 Å². The molecule has 0 spiro atoms. The minimum Gasteiger partial charge on any atom is -0.472 e. The van der Waals surface area contributed by atoms with Crippen molar-refractivity contribution in [3.05, 3.63) is 61.3 Å². The number of nitrogens with zero attached hydrogens (tertiary/aromatic N) is 4. The van der Waals surface area contributed by atoms with Crippen molar-refractivity contribution >= 4 is 0 Å². The molecule has 0 unspecified atom stereocenters. The summed E-state index contributed by atoms with van der Waals surface area (Å²) >= 11 is 0. The second kappa shape index (κ2) is 8.89. The van der Waals surface area contributed by atoms with Gasteiger partial charge in [-0.25, -0.2) is 4.98 Å². The van der Waals surface area contributed by atoms with Gasteiger partial charge in [-0.3, -0.25) is 14.9 Å². The molecule has 2 aromatic heterocycles. The Hall–Kier alpha value is -2.27. The van der Waals surface area contributed by atoms with Gasteiger partial charge in [0.15, 0.2) is 0 Å². The van der Waals surface area contributed by atoms with E-state index in [2.05, 4.69) is 39.5 Å². The number of allylic oxidation sites excluding steroid dienone is 1. The summed E-state index contributed by atoms with van der Waals surface area (Å²) in [6.45, 7) is 5.42. The van der Waals surface area contributed by atoms with Gasteiger partial charge in [-0.15, -0.1) is 6.58 Å². The number of aromatic nitrogens is 3. The molecule has 0 aliphatic carbocycles. The van der Waals surface area contributed by atoms with Crippen LogP contribution in [-0.2, 0) is 6.54 Å². The van der Waals surface area contributed by atoms with Gasteiger partial charge in [-0.05, 0) is 31.5 Å². The highest BCUT2D eigenvalue weighted by atomic mass is 16.5. The molecule has 22 heavy (non-hydrogen) atoms. The first-order chi connectivity index (χ1) is 10.8. The summed E-state index contributed by atoms with van der Waals surface area (Å²) in [7, 11) is 2.08. The summed E-state index contributed by atoms with van der Waals surface area (Å²) in [5.74, 6) is 0.561. The third-order valence-electron chi connectivity index (χ3n) is 3.21. The summed E-state index contributed by atoms with van der Waals surface area (Å²) < 4.78 is 5.95. The first kappa shape index (κ1) is 16.1. The number of pyridine rings is 1. The second-order valence-corrected chi connectivity index (χ2v) is 5.21. The molecule has 0 saturated heterocycles. The van der Waals surface area contributed by atoms with Crippen LogP contribution in [0.15, 0.2) is 55.8 Å². The summed E-state index contributed by atoms with van der Waals surface area (Å²) in [6, 6.07) is 4.03. The lowest BCUT2D eigenvalue weighted by molar-refractivity contribution is 0.131. The fourth-order valence-corrected chi connectivity index (χ4v) is 2.22. The second-order valence-electron chi connectivity index (χ2n) is 5.21. The molecular formula is C17H22N4O. The largest absolute Gasteiger partial charge is 0.472 e. The molecule has 0 amide bonds. The summed E-state index contributed by atoms with van der Waals surface area (Å²) in [5.41, 5.74) is 1.19. The maximum absolute atomic E-state index is 5.95. The lowest BCUT2D eigenvalue weighted by atomic mass is 10.1. The van der Waals surface area contributed by atoms with Gasteiger partial charge in [0.25, 0.3) is 0 Å². The normalized spacial score (nSPS) is 12.1. The molecule has 1 atom stereocenters. The van der Waals surface area contributed by atoms with E-state index in [1.165, 1.54) is 5.56 Å². The van der Waals surface area contributed by atoms with Gasteiger partial charge in [0.05, 0.1) is 6.20 Å². The van der Waals surface area contributed by atoms with Crippen LogP contribution in [0.4, 0.5) is 0 Å². The predicted molar refractivity (Wildman–Crippen MR) is 86.5 cm³/mol. The standard InChI is InChI=1S/C17H22N4O/c1-3-4-7-16(22-17-12-19-9-10-20-17)14-21(2)13-15-6-5-8-18-11-15/h3,5-6,8-12,16H,1,4,7,13-14H2,2H3/t16-/m0/s1. The topological polar surface area (TPSA) is 51.1 Å². The van der Waals surface area contributed by atoms with E-state index >= 15 is 0 Å². The van der Waals surface area contributed by atoms with Crippen molar-refractivity contribution in [1.29, 1.82) is 0 Å². The van der Waals surface area contributed by atoms with Gasteiger partial charge in [-0.2, -0.15) is 0 Å². The Morgan fingerprint density at radius 2 is 2.14 bits per heavy atom. The number of hydrogen-bond donors (Lipinski definition) is 0. The van der Waals surface area contributed by atoms with Crippen molar-refractivity contribution < 1.29 is 4.74 Å². The van der Waals surface area contributed by atoms with Crippen LogP contribution in [0, 0.1) is 0 Å². The number of likely N-dealkylation sites (N-methyl/N-ethyl adjacent to an activating group) is 1. The molecule has 0 aromatic carbocycles. The number of ether oxygens (including phenoxy) is 1. The monoisotopic (exact) mass is 298 g/mol. The molecule has 116 valence electrons. The molecule has 2 aromatic rings. The molecule has 0 N–H and O–H groups in total. The summed E-state index contributed by atoms with van der Waals surface area (Å²) in [4.78, 5) is 14.6. The van der Waals surface area contributed by atoms with Crippen LogP contribution in [0.3, 0.4) is 0 Å². The van der Waals surface area contributed by atoms with Crippen molar-refractivity contribution in [2.24, 2.45) is 0 Å². The number of hydrogen-bond acceptors (Lipinski definition) is 5. The lowest BCUT2D eigenvalue weighted by Gasteiger charge is -2.24. The zero-order valence-electron chi connectivity index (χ0n) is 12.9. The van der Waals surface area contributed by atoms with E-state index in [4.69, 9.17) is 4.74 Å². The van der Waals surface area contributed by atoms with Crippen molar-refractivity contribution in [2.45, 2.75) is 25.5 Å². The van der Waals surface area contributed by atoms with Gasteiger partial charge in [-0.1, -0.05) is 12.1 Å². The Morgan fingerprint density at radius 3 is 2.82 bits per heavy atom. The fourth-order valence-electron chi connectivity index (χ4n) is 2.22. The van der Waals surface area contributed by atoms with Gasteiger partial charge >= 0.3 is 0 Å². The molecule has 0 saturated carbocycles. The molecule has 0 bridgehead atoms. The van der Waals surface area contributed by atoms with Crippen molar-refractivity contribution in [3.63, 3.8) is 0 Å². The first-order valence-corrected chi connectivity index (χ1v) is 7.39. The highest BCUT2D eigenvalue weighted by Gasteiger charge is 2.14. The van der Waals surface area contributed by atoms with Gasteiger partial charge in [0.2, 0.25) is 5.88 Å². The van der Waals surface area contributed by atoms with E-state index in [1.54, 1.807) is 24.8 Å². The Morgan fingerprint density at radius 1 is 1.27 bits per heavy atom. The Balaban J connectivity index is 1.92. The van der Waals surface area contributed by atoms with Crippen LogP contribution in [0.5, 0.6) is 5.88 Å². The average molecular weight is 298 g/mol. The molecule has 0 fully saturated rings. The summed E-state index contributed by atoms with van der Waals surface area (Å²) in [5, 5.41) is 0. The fraction of sp³-hybridized carbons (Fsp3) is 0.353. The van der Waals surface area contributed by atoms with Crippen molar-refractivity contribution in [2.75, 3.05) is 13.6 Å². The predicted octanol–water partition coefficient (Wildman–Crippen LogP) is 2.72. The zero-order chi connectivity index (χ0) is 15.6. The molecule has 5 nitrogen and oxygen atoms in total. The quantitative estimate of drug-likeness (QED) is 0.666. The molecule has 2 rings (SSSR count). The Bertz CT molecular complexity index is 547. The third kappa shape index (κ3) is 5.61. The zero-order valence-corrected chi connectivity index (χ0v) is 12.9. The molecule has 0 aliphatic heterocycles. The van der Waals surface area contributed by atoms with Crippen LogP contribution >= 0.6 is 0 Å². The molecule has 5 heteroatoms. The smallest absolute Gasteiger partial charge is 0.232 e. The van der Waals surface area contributed by atoms with Crippen molar-refractivity contribution in [1.82, 2.24) is 19.9 Å². The average Bonchev–Trinajstić information content (AvgIpc) is 2.54. The minimum atomic E-state index is 0.0522. The van der Waals surface area contributed by atoms with E-state index in [0.717, 1.165) is 25.9 Å². The lowest BCUT2D eigenvalue weighted by Crippen LogP contribution is -2.33. The molecular weight excluding hydrogens is 276 g/mol. The third-order valence-corrected chi connectivity index (χ3v) is 3.21. The van der Waals surface area contributed by atoms with Crippen molar-refractivity contribution in [3.8, 4) is 5.88 Å². The van der Waals surface area contributed by atoms with Gasteiger partial charge in [0.1, 0.15) is 6.10 Å². The Kier molecular flexibility index (Phi) is 6.51. The molecule has 0 radical (unpaired) electrons. The maximum atomic E-state index is 5.95. The maximum Gasteiger partial charge on any atom is 0.232 e. The van der Waals surface area contributed by atoms with Crippen LogP contribution in [0.2, 0.25) is 0 Å². The van der Waals surface area contributed by atoms with E-state index in [1.807, 2.05) is 18.3 Å². The number of rotatable bonds is 9. The van der Waals surface area contributed by atoms with Crippen LogP contribution < -0.4 is 4.74 Å². The SMILES string of the molecule is C=CCC[C@@H](CN(C)Cc1cccnc1)Oc1cnccn1. The highest BCUT2D eigenvalue weighted by Crippen LogP contribution is 2.12. The van der Waals surface area contributed by atoms with Crippen LogP contribution in [0.25, 0.3) is 0 Å².